The van der Waals surface area contributed by atoms with Crippen LogP contribution in [0.15, 0.2) is 0 Å². The minimum Gasteiger partial charge on any atom is -0.376 e. The van der Waals surface area contributed by atoms with E-state index in [4.69, 9.17) is 13.3 Å². The van der Waals surface area contributed by atoms with Gasteiger partial charge in [-0.2, -0.15) is 11.8 Å². The van der Waals surface area contributed by atoms with Crippen molar-refractivity contribution in [3.63, 3.8) is 0 Å². The topological polar surface area (TPSA) is 27.7 Å². The summed E-state index contributed by atoms with van der Waals surface area (Å²) in [6.45, 7) is 1.46. The van der Waals surface area contributed by atoms with Gasteiger partial charge in [0, 0.05) is 31.8 Å². The third kappa shape index (κ3) is 3.01. The van der Waals surface area contributed by atoms with Gasteiger partial charge in [0.05, 0.1) is 4.95 Å². The molecule has 6 heteroatoms. The van der Waals surface area contributed by atoms with E-state index in [0.717, 1.165) is 24.7 Å². The lowest BCUT2D eigenvalue weighted by atomic mass is 10.9. The molecule has 12 heavy (non-hydrogen) atoms. The van der Waals surface area contributed by atoms with E-state index >= 15 is 0 Å². The Kier molecular flexibility index (Phi) is 5.15. The molecule has 1 heterocycles. The zero-order chi connectivity index (χ0) is 8.86. The van der Waals surface area contributed by atoms with Crippen LogP contribution in [-0.2, 0) is 13.3 Å². The van der Waals surface area contributed by atoms with Gasteiger partial charge in [-0.05, 0) is 0 Å². The van der Waals surface area contributed by atoms with Crippen molar-refractivity contribution in [2.45, 2.75) is 0 Å². The summed E-state index contributed by atoms with van der Waals surface area (Å²) in [4.78, 5) is 0.682. The van der Waals surface area contributed by atoms with Gasteiger partial charge in [0.25, 0.3) is 0 Å². The maximum absolute atomic E-state index is 5.60. The van der Waals surface area contributed by atoms with Gasteiger partial charge in [0.15, 0.2) is 0 Å². The first-order valence-electron chi connectivity index (χ1n) is 3.80. The van der Waals surface area contributed by atoms with E-state index in [1.165, 1.54) is 0 Å². The summed E-state index contributed by atoms with van der Waals surface area (Å²) in [6.07, 6.45) is 0. The Morgan fingerprint density at radius 2 is 2.00 bits per heavy atom. The second kappa shape index (κ2) is 5.61. The van der Waals surface area contributed by atoms with Gasteiger partial charge in [-0.15, -0.1) is 0 Å². The molecule has 0 spiro atoms. The number of halogens is 1. The van der Waals surface area contributed by atoms with Gasteiger partial charge in [0.1, 0.15) is 0 Å². The van der Waals surface area contributed by atoms with Crippen LogP contribution in [0.2, 0.25) is 0 Å². The highest BCUT2D eigenvalue weighted by atomic mass is 79.9. The standard InChI is InChI=1S/C6H13BrO3SSi/c1-8-12(6-7)9-2-4-11-5-3-10-12/h2-6H2,1H3. The van der Waals surface area contributed by atoms with E-state index < -0.39 is 8.80 Å². The molecule has 0 radical (unpaired) electrons. The van der Waals surface area contributed by atoms with Crippen LogP contribution in [0.1, 0.15) is 0 Å². The van der Waals surface area contributed by atoms with Crippen LogP contribution in [0.4, 0.5) is 0 Å². The smallest absolute Gasteiger partial charge is 0.376 e. The van der Waals surface area contributed by atoms with Crippen molar-refractivity contribution in [1.82, 2.24) is 0 Å². The first-order valence-corrected chi connectivity index (χ1v) is 8.00. The second-order valence-corrected chi connectivity index (χ2v) is 7.86. The minimum atomic E-state index is -2.31. The van der Waals surface area contributed by atoms with Crippen molar-refractivity contribution in [2.75, 3.05) is 36.8 Å². The largest absolute Gasteiger partial charge is 0.511 e. The van der Waals surface area contributed by atoms with Crippen LogP contribution in [0.5, 0.6) is 0 Å². The Morgan fingerprint density at radius 3 is 2.42 bits per heavy atom. The number of hydrogen-bond acceptors (Lipinski definition) is 4. The quantitative estimate of drug-likeness (QED) is 0.559. The maximum atomic E-state index is 5.60. The summed E-state index contributed by atoms with van der Waals surface area (Å²) < 4.78 is 16.5. The Balaban J connectivity index is 2.45. The summed E-state index contributed by atoms with van der Waals surface area (Å²) in [7, 11) is -0.655. The van der Waals surface area contributed by atoms with E-state index in [2.05, 4.69) is 15.9 Å². The third-order valence-electron chi connectivity index (χ3n) is 1.57. The van der Waals surface area contributed by atoms with Gasteiger partial charge in [0.2, 0.25) is 0 Å². The lowest BCUT2D eigenvalue weighted by molar-refractivity contribution is 0.0929. The fraction of sp³-hybridized carbons (Fsp3) is 1.00. The van der Waals surface area contributed by atoms with E-state index in [1.807, 2.05) is 11.8 Å². The highest BCUT2D eigenvalue weighted by Gasteiger charge is 2.39. The minimum absolute atomic E-state index is 0.682. The molecule has 1 aliphatic rings. The van der Waals surface area contributed by atoms with Crippen LogP contribution in [-0.4, -0.2) is 45.6 Å². The fourth-order valence-electron chi connectivity index (χ4n) is 0.905. The zero-order valence-corrected chi connectivity index (χ0v) is 10.4. The molecule has 0 aromatic heterocycles. The molecule has 0 saturated carbocycles. The van der Waals surface area contributed by atoms with Crippen LogP contribution < -0.4 is 0 Å². The molecule has 0 aromatic carbocycles. The van der Waals surface area contributed by atoms with Gasteiger partial charge in [-0.25, -0.2) is 0 Å². The normalized spacial score (nSPS) is 24.5. The van der Waals surface area contributed by atoms with Crippen molar-refractivity contribution < 1.29 is 13.3 Å². The first-order chi connectivity index (χ1) is 5.83. The molecule has 1 aliphatic heterocycles. The monoisotopic (exact) mass is 272 g/mol. The lowest BCUT2D eigenvalue weighted by Crippen LogP contribution is -2.49. The van der Waals surface area contributed by atoms with Crippen LogP contribution >= 0.6 is 27.7 Å². The number of thioether (sulfide) groups is 1. The highest BCUT2D eigenvalue weighted by Crippen LogP contribution is 2.16. The molecule has 0 unspecified atom stereocenters. The van der Waals surface area contributed by atoms with Gasteiger partial charge in [-0.3, -0.25) is 0 Å². The van der Waals surface area contributed by atoms with E-state index in [1.54, 1.807) is 7.11 Å². The molecule has 0 aromatic rings. The SMILES string of the molecule is CO[Si]1(CBr)OCCSCCO1. The summed E-state index contributed by atoms with van der Waals surface area (Å²) in [6, 6.07) is 0. The molecule has 0 N–H and O–H groups in total. The Bertz CT molecular complexity index is 124. The van der Waals surface area contributed by atoms with Crippen LogP contribution in [0.25, 0.3) is 0 Å². The van der Waals surface area contributed by atoms with Crippen LogP contribution in [0, 0.1) is 0 Å². The van der Waals surface area contributed by atoms with Crippen molar-refractivity contribution >= 4 is 36.5 Å². The summed E-state index contributed by atoms with van der Waals surface area (Å²) in [5, 5.41) is 0. The fourth-order valence-corrected chi connectivity index (χ4v) is 4.87. The van der Waals surface area contributed by atoms with Crippen molar-refractivity contribution in [2.24, 2.45) is 0 Å². The third-order valence-corrected chi connectivity index (χ3v) is 6.78. The first kappa shape index (κ1) is 11.0. The van der Waals surface area contributed by atoms with Crippen LogP contribution in [0.3, 0.4) is 0 Å². The average Bonchev–Trinajstić information content (AvgIpc) is 2.06. The molecule has 0 aliphatic carbocycles. The zero-order valence-electron chi connectivity index (χ0n) is 7.05. The predicted octanol–water partition coefficient (Wildman–Crippen LogP) is 1.29. The molecule has 72 valence electrons. The average molecular weight is 273 g/mol. The van der Waals surface area contributed by atoms with Gasteiger partial charge < -0.3 is 13.3 Å². The van der Waals surface area contributed by atoms with Crippen molar-refractivity contribution in [1.29, 1.82) is 0 Å². The van der Waals surface area contributed by atoms with E-state index in [-0.39, 0.29) is 0 Å². The summed E-state index contributed by atoms with van der Waals surface area (Å²) in [5.41, 5.74) is 0. The molecule has 0 amide bonds. The van der Waals surface area contributed by atoms with Crippen molar-refractivity contribution in [3.05, 3.63) is 0 Å². The molecular formula is C6H13BrO3SSi. The van der Waals surface area contributed by atoms with E-state index in [0.29, 0.717) is 4.95 Å². The Labute approximate surface area is 86.6 Å². The van der Waals surface area contributed by atoms with Gasteiger partial charge >= 0.3 is 8.80 Å². The Morgan fingerprint density at radius 1 is 1.42 bits per heavy atom. The number of alkyl halides is 1. The molecular weight excluding hydrogens is 260 g/mol. The Hall–Kier alpha value is 0.927. The molecule has 0 atom stereocenters. The molecule has 3 nitrogen and oxygen atoms in total. The van der Waals surface area contributed by atoms with Crippen molar-refractivity contribution in [3.8, 4) is 0 Å². The molecule has 1 rings (SSSR count). The van der Waals surface area contributed by atoms with Gasteiger partial charge in [-0.1, -0.05) is 15.9 Å². The highest BCUT2D eigenvalue weighted by molar-refractivity contribution is 9.09. The molecule has 1 fully saturated rings. The number of hydrogen-bond donors (Lipinski definition) is 0. The summed E-state index contributed by atoms with van der Waals surface area (Å²) >= 11 is 5.22. The maximum Gasteiger partial charge on any atom is 0.511 e. The molecule has 0 bridgehead atoms. The molecule has 1 saturated heterocycles. The number of rotatable bonds is 2. The summed E-state index contributed by atoms with van der Waals surface area (Å²) in [5.74, 6) is 2.07. The lowest BCUT2D eigenvalue weighted by Gasteiger charge is -2.27. The predicted molar refractivity (Wildman–Crippen MR) is 55.8 cm³/mol. The van der Waals surface area contributed by atoms with E-state index in [9.17, 15) is 0 Å². The second-order valence-electron chi connectivity index (χ2n) is 2.33.